The molecule has 0 spiro atoms. The third-order valence-corrected chi connectivity index (χ3v) is 4.69. The SMILES string of the molecule is Cc1ccc(Cl)c(Cn2cnnc2-c2cccc(Cl)c2Cl)c1F. The maximum atomic E-state index is 14.3. The molecule has 118 valence electrons. The van der Waals surface area contributed by atoms with Gasteiger partial charge in [0.2, 0.25) is 0 Å². The van der Waals surface area contributed by atoms with Gasteiger partial charge < -0.3 is 4.57 Å². The van der Waals surface area contributed by atoms with Crippen molar-refractivity contribution < 1.29 is 4.39 Å². The van der Waals surface area contributed by atoms with Gasteiger partial charge in [-0.15, -0.1) is 10.2 Å². The molecule has 1 heterocycles. The molecule has 0 N–H and O–H groups in total. The molecule has 0 saturated heterocycles. The number of aromatic nitrogens is 3. The molecule has 0 aliphatic heterocycles. The van der Waals surface area contributed by atoms with Crippen LogP contribution in [0, 0.1) is 12.7 Å². The summed E-state index contributed by atoms with van der Waals surface area (Å²) >= 11 is 18.4. The normalized spacial score (nSPS) is 11.0. The molecule has 3 nitrogen and oxygen atoms in total. The Labute approximate surface area is 147 Å². The molecule has 3 aromatic rings. The molecule has 3 rings (SSSR count). The summed E-state index contributed by atoms with van der Waals surface area (Å²) in [4.78, 5) is 0. The van der Waals surface area contributed by atoms with Crippen LogP contribution in [0.5, 0.6) is 0 Å². The molecule has 0 fully saturated rings. The van der Waals surface area contributed by atoms with Crippen molar-refractivity contribution in [3.8, 4) is 11.4 Å². The van der Waals surface area contributed by atoms with Crippen LogP contribution in [0.3, 0.4) is 0 Å². The lowest BCUT2D eigenvalue weighted by atomic mass is 10.1. The first-order valence-corrected chi connectivity index (χ1v) is 7.88. The molecular weight excluding hydrogens is 360 g/mol. The van der Waals surface area contributed by atoms with Gasteiger partial charge in [-0.05, 0) is 30.7 Å². The minimum absolute atomic E-state index is 0.192. The van der Waals surface area contributed by atoms with Gasteiger partial charge in [-0.25, -0.2) is 4.39 Å². The van der Waals surface area contributed by atoms with E-state index in [0.717, 1.165) is 0 Å². The fourth-order valence-corrected chi connectivity index (χ4v) is 2.88. The first kappa shape index (κ1) is 16.2. The summed E-state index contributed by atoms with van der Waals surface area (Å²) in [5.41, 5.74) is 1.53. The van der Waals surface area contributed by atoms with E-state index in [-0.39, 0.29) is 12.4 Å². The Hall–Kier alpha value is -1.62. The molecule has 23 heavy (non-hydrogen) atoms. The summed E-state index contributed by atoms with van der Waals surface area (Å²) in [6.45, 7) is 1.88. The van der Waals surface area contributed by atoms with Gasteiger partial charge in [-0.1, -0.05) is 46.9 Å². The van der Waals surface area contributed by atoms with Crippen LogP contribution < -0.4 is 0 Å². The molecule has 0 saturated carbocycles. The number of nitrogens with zero attached hydrogens (tertiary/aromatic N) is 3. The fourth-order valence-electron chi connectivity index (χ4n) is 2.29. The average molecular weight is 371 g/mol. The maximum absolute atomic E-state index is 14.3. The van der Waals surface area contributed by atoms with Crippen molar-refractivity contribution in [1.82, 2.24) is 14.8 Å². The molecule has 0 unspecified atom stereocenters. The molecule has 0 bridgehead atoms. The lowest BCUT2D eigenvalue weighted by Gasteiger charge is -2.12. The van der Waals surface area contributed by atoms with E-state index in [2.05, 4.69) is 10.2 Å². The average Bonchev–Trinajstić information content (AvgIpc) is 2.98. The highest BCUT2D eigenvalue weighted by atomic mass is 35.5. The summed E-state index contributed by atoms with van der Waals surface area (Å²) in [6.07, 6.45) is 1.50. The monoisotopic (exact) mass is 369 g/mol. The summed E-state index contributed by atoms with van der Waals surface area (Å²) in [7, 11) is 0. The van der Waals surface area contributed by atoms with Crippen LogP contribution in [0.1, 0.15) is 11.1 Å². The van der Waals surface area contributed by atoms with E-state index in [1.54, 1.807) is 41.8 Å². The number of rotatable bonds is 3. The van der Waals surface area contributed by atoms with E-state index in [4.69, 9.17) is 34.8 Å². The second-order valence-electron chi connectivity index (χ2n) is 5.04. The number of hydrogen-bond acceptors (Lipinski definition) is 2. The van der Waals surface area contributed by atoms with Crippen LogP contribution in [0.15, 0.2) is 36.7 Å². The Morgan fingerprint density at radius 2 is 1.87 bits per heavy atom. The minimum atomic E-state index is -0.339. The Balaban J connectivity index is 2.07. The quantitative estimate of drug-likeness (QED) is 0.618. The molecule has 0 atom stereocenters. The van der Waals surface area contributed by atoms with Crippen molar-refractivity contribution in [3.05, 3.63) is 68.7 Å². The molecular formula is C16H11Cl3FN3. The first-order chi connectivity index (χ1) is 11.0. The predicted molar refractivity (Wildman–Crippen MR) is 90.7 cm³/mol. The highest BCUT2D eigenvalue weighted by Gasteiger charge is 2.16. The van der Waals surface area contributed by atoms with Crippen molar-refractivity contribution in [2.24, 2.45) is 0 Å². The zero-order valence-electron chi connectivity index (χ0n) is 12.0. The van der Waals surface area contributed by atoms with E-state index in [1.807, 2.05) is 0 Å². The van der Waals surface area contributed by atoms with E-state index < -0.39 is 0 Å². The highest BCUT2D eigenvalue weighted by Crippen LogP contribution is 2.33. The highest BCUT2D eigenvalue weighted by molar-refractivity contribution is 6.43. The van der Waals surface area contributed by atoms with Gasteiger partial charge in [0.25, 0.3) is 0 Å². The Morgan fingerprint density at radius 1 is 1.09 bits per heavy atom. The van der Waals surface area contributed by atoms with E-state index in [9.17, 15) is 4.39 Å². The van der Waals surface area contributed by atoms with Gasteiger partial charge in [0.1, 0.15) is 12.1 Å². The van der Waals surface area contributed by atoms with Crippen LogP contribution >= 0.6 is 34.8 Å². The number of aryl methyl sites for hydroxylation is 1. The van der Waals surface area contributed by atoms with Crippen LogP contribution in [0.25, 0.3) is 11.4 Å². The summed E-state index contributed by atoms with van der Waals surface area (Å²) in [5, 5.41) is 9.10. The van der Waals surface area contributed by atoms with Gasteiger partial charge in [0, 0.05) is 16.1 Å². The lowest BCUT2D eigenvalue weighted by Crippen LogP contribution is -2.05. The van der Waals surface area contributed by atoms with Crippen molar-refractivity contribution in [1.29, 1.82) is 0 Å². The largest absolute Gasteiger partial charge is 0.309 e. The molecule has 1 aromatic heterocycles. The van der Waals surface area contributed by atoms with Crippen LogP contribution in [-0.2, 0) is 6.54 Å². The molecule has 0 aliphatic carbocycles. The van der Waals surface area contributed by atoms with Gasteiger partial charge in [-0.2, -0.15) is 0 Å². The Bertz CT molecular complexity index is 877. The van der Waals surface area contributed by atoms with E-state index >= 15 is 0 Å². The second kappa shape index (κ2) is 6.48. The van der Waals surface area contributed by atoms with E-state index in [0.29, 0.717) is 37.6 Å². The zero-order valence-corrected chi connectivity index (χ0v) is 14.3. The third kappa shape index (κ3) is 3.07. The molecule has 0 amide bonds. The first-order valence-electron chi connectivity index (χ1n) is 6.74. The second-order valence-corrected chi connectivity index (χ2v) is 6.23. The molecule has 7 heteroatoms. The number of halogens is 4. The van der Waals surface area contributed by atoms with Crippen molar-refractivity contribution >= 4 is 34.8 Å². The number of hydrogen-bond donors (Lipinski definition) is 0. The van der Waals surface area contributed by atoms with Crippen LogP contribution in [-0.4, -0.2) is 14.8 Å². The van der Waals surface area contributed by atoms with Crippen molar-refractivity contribution in [3.63, 3.8) is 0 Å². The van der Waals surface area contributed by atoms with Crippen LogP contribution in [0.2, 0.25) is 15.1 Å². The van der Waals surface area contributed by atoms with E-state index in [1.165, 1.54) is 6.33 Å². The van der Waals surface area contributed by atoms with Crippen molar-refractivity contribution in [2.45, 2.75) is 13.5 Å². The van der Waals surface area contributed by atoms with Crippen molar-refractivity contribution in [2.75, 3.05) is 0 Å². The molecule has 0 aliphatic rings. The third-order valence-electron chi connectivity index (χ3n) is 3.52. The molecule has 0 radical (unpaired) electrons. The van der Waals surface area contributed by atoms with Gasteiger partial charge in [0.15, 0.2) is 5.82 Å². The minimum Gasteiger partial charge on any atom is -0.309 e. The maximum Gasteiger partial charge on any atom is 0.165 e. The summed E-state index contributed by atoms with van der Waals surface area (Å²) in [6, 6.07) is 8.55. The van der Waals surface area contributed by atoms with Gasteiger partial charge in [-0.3, -0.25) is 0 Å². The van der Waals surface area contributed by atoms with Gasteiger partial charge >= 0.3 is 0 Å². The standard InChI is InChI=1S/C16H11Cl3FN3/c1-9-5-6-12(17)11(15(9)20)7-23-8-21-22-16(23)10-3-2-4-13(18)14(10)19/h2-6,8H,7H2,1H3. The Morgan fingerprint density at radius 3 is 2.65 bits per heavy atom. The van der Waals surface area contributed by atoms with Crippen LogP contribution in [0.4, 0.5) is 4.39 Å². The fraction of sp³-hybridized carbons (Fsp3) is 0.125. The lowest BCUT2D eigenvalue weighted by molar-refractivity contribution is 0.591. The summed E-state index contributed by atoms with van der Waals surface area (Å²) in [5.74, 6) is 0.156. The zero-order chi connectivity index (χ0) is 16.6. The number of benzene rings is 2. The predicted octanol–water partition coefficient (Wildman–Crippen LogP) is 5.40. The topological polar surface area (TPSA) is 30.7 Å². The summed E-state index contributed by atoms with van der Waals surface area (Å²) < 4.78 is 16.0. The molecule has 2 aromatic carbocycles. The van der Waals surface area contributed by atoms with Gasteiger partial charge in [0.05, 0.1) is 16.6 Å². The Kier molecular flexibility index (Phi) is 4.57. The smallest absolute Gasteiger partial charge is 0.165 e.